The minimum atomic E-state index is -4.67. The molecule has 4 rings (SSSR count). The van der Waals surface area contributed by atoms with Crippen LogP contribution in [0.3, 0.4) is 0 Å². The zero-order valence-electron chi connectivity index (χ0n) is 20.9. The van der Waals surface area contributed by atoms with Crippen molar-refractivity contribution in [2.75, 3.05) is 35.5 Å². The van der Waals surface area contributed by atoms with E-state index >= 15 is 0 Å². The van der Waals surface area contributed by atoms with Crippen LogP contribution >= 0.6 is 15.9 Å². The fourth-order valence-electron chi connectivity index (χ4n) is 4.78. The van der Waals surface area contributed by atoms with Crippen molar-refractivity contribution < 1.29 is 35.9 Å². The first-order valence-electron chi connectivity index (χ1n) is 12.5. The van der Waals surface area contributed by atoms with E-state index in [9.17, 15) is 26.4 Å². The number of carbonyl (C=O) groups is 1. The first-order chi connectivity index (χ1) is 18.0. The van der Waals surface area contributed by atoms with Gasteiger partial charge in [-0.15, -0.1) is 0 Å². The van der Waals surface area contributed by atoms with Crippen molar-refractivity contribution in [1.82, 2.24) is 0 Å². The molecule has 208 valence electrons. The Morgan fingerprint density at radius 2 is 1.92 bits per heavy atom. The highest BCUT2D eigenvalue weighted by molar-refractivity contribution is 9.10. The van der Waals surface area contributed by atoms with Gasteiger partial charge in [-0.25, -0.2) is 8.42 Å². The van der Waals surface area contributed by atoms with Crippen molar-refractivity contribution in [3.8, 4) is 0 Å². The third kappa shape index (κ3) is 6.45. The Morgan fingerprint density at radius 1 is 1.13 bits per heavy atom. The zero-order valence-corrected chi connectivity index (χ0v) is 23.3. The van der Waals surface area contributed by atoms with E-state index in [4.69, 9.17) is 9.47 Å². The van der Waals surface area contributed by atoms with E-state index in [0.717, 1.165) is 25.0 Å². The van der Waals surface area contributed by atoms with E-state index in [1.54, 1.807) is 6.07 Å². The van der Waals surface area contributed by atoms with Crippen molar-refractivity contribution in [2.24, 2.45) is 0 Å². The van der Waals surface area contributed by atoms with Gasteiger partial charge >= 0.3 is 12.1 Å². The van der Waals surface area contributed by atoms with Crippen LogP contribution in [0, 0.1) is 0 Å². The number of hydrogen-bond acceptors (Lipinski definition) is 6. The average molecular weight is 620 g/mol. The van der Waals surface area contributed by atoms with E-state index in [1.807, 2.05) is 19.1 Å². The molecule has 0 saturated carbocycles. The maximum absolute atomic E-state index is 13.7. The predicted molar refractivity (Wildman–Crippen MR) is 141 cm³/mol. The molecular weight excluding hydrogens is 589 g/mol. The lowest BCUT2D eigenvalue weighted by atomic mass is 9.96. The number of sulfonamides is 1. The Hall–Kier alpha value is -2.31. The van der Waals surface area contributed by atoms with Crippen molar-refractivity contribution >= 4 is 43.3 Å². The fraction of sp³-hybridized carbons (Fsp3) is 0.500. The molecule has 2 aliphatic rings. The van der Waals surface area contributed by atoms with E-state index < -0.39 is 26.7 Å². The summed E-state index contributed by atoms with van der Waals surface area (Å²) in [5, 5.41) is 0. The molecule has 1 saturated heterocycles. The molecule has 1 fully saturated rings. The smallest absolute Gasteiger partial charge is 0.416 e. The number of esters is 1. The topological polar surface area (TPSA) is 76.2 Å². The normalized spacial score (nSPS) is 19.6. The fourth-order valence-corrected chi connectivity index (χ4v) is 6.69. The number of carbonyl (C=O) groups excluding carboxylic acids is 1. The van der Waals surface area contributed by atoms with Crippen LogP contribution in [-0.2, 0) is 30.5 Å². The summed E-state index contributed by atoms with van der Waals surface area (Å²) in [7, 11) is -4.30. The van der Waals surface area contributed by atoms with Crippen molar-refractivity contribution in [3.63, 3.8) is 0 Å². The highest BCUT2D eigenvalue weighted by Gasteiger charge is 2.41. The summed E-state index contributed by atoms with van der Waals surface area (Å²) in [5.41, 5.74) is 0.0752. The molecular formula is C26H30BrF3N2O5S. The molecule has 38 heavy (non-hydrogen) atoms. The van der Waals surface area contributed by atoms with Crippen LogP contribution in [0.15, 0.2) is 51.8 Å². The number of piperidine rings is 1. The lowest BCUT2D eigenvalue weighted by molar-refractivity contribution is -0.145. The van der Waals surface area contributed by atoms with E-state index in [1.165, 1.54) is 10.4 Å². The lowest BCUT2D eigenvalue weighted by Crippen LogP contribution is -2.55. The third-order valence-electron chi connectivity index (χ3n) is 6.73. The molecule has 0 bridgehead atoms. The number of hydrogen-bond donors (Lipinski definition) is 0. The predicted octanol–water partition coefficient (Wildman–Crippen LogP) is 5.76. The summed E-state index contributed by atoms with van der Waals surface area (Å²) in [6.07, 6.45) is -1.76. The number of benzene rings is 2. The number of unbranched alkanes of at least 4 members (excludes halogenated alkanes) is 1. The molecule has 7 nitrogen and oxygen atoms in total. The van der Waals surface area contributed by atoms with Gasteiger partial charge in [0.25, 0.3) is 10.0 Å². The van der Waals surface area contributed by atoms with Crippen LogP contribution in [0.25, 0.3) is 0 Å². The van der Waals surface area contributed by atoms with Gasteiger partial charge in [-0.1, -0.05) is 35.3 Å². The highest BCUT2D eigenvalue weighted by atomic mass is 79.9. The number of halogens is 4. The lowest BCUT2D eigenvalue weighted by Gasteiger charge is -2.48. The molecule has 2 heterocycles. The van der Waals surface area contributed by atoms with Crippen molar-refractivity contribution in [2.45, 2.75) is 62.2 Å². The molecule has 2 aliphatic heterocycles. The molecule has 2 aromatic carbocycles. The highest BCUT2D eigenvalue weighted by Crippen LogP contribution is 2.43. The summed E-state index contributed by atoms with van der Waals surface area (Å²) in [6, 6.07) is 8.85. The minimum Gasteiger partial charge on any atom is -0.466 e. The number of anilines is 2. The van der Waals surface area contributed by atoms with Gasteiger partial charge in [0.05, 0.1) is 60.2 Å². The number of nitrogens with zero attached hydrogens (tertiary/aromatic N) is 2. The number of fused-ring (bicyclic) bond motifs is 3. The average Bonchev–Trinajstić information content (AvgIpc) is 2.87. The second kappa shape index (κ2) is 11.8. The van der Waals surface area contributed by atoms with Gasteiger partial charge in [0.2, 0.25) is 0 Å². The molecule has 1 unspecified atom stereocenters. The number of rotatable bonds is 9. The van der Waals surface area contributed by atoms with Crippen molar-refractivity contribution in [1.29, 1.82) is 0 Å². The number of ether oxygens (including phenoxy) is 2. The molecule has 0 aliphatic carbocycles. The van der Waals surface area contributed by atoms with Gasteiger partial charge in [0.1, 0.15) is 0 Å². The second-order valence-corrected chi connectivity index (χ2v) is 12.2. The van der Waals surface area contributed by atoms with E-state index in [0.29, 0.717) is 47.9 Å². The Kier molecular flexibility index (Phi) is 8.93. The summed E-state index contributed by atoms with van der Waals surface area (Å²) < 4.78 is 80.3. The summed E-state index contributed by atoms with van der Waals surface area (Å²) in [4.78, 5) is 13.6. The molecule has 0 amide bonds. The van der Waals surface area contributed by atoms with E-state index in [-0.39, 0.29) is 37.7 Å². The van der Waals surface area contributed by atoms with Crippen LogP contribution in [0.5, 0.6) is 0 Å². The van der Waals surface area contributed by atoms with Crippen LogP contribution < -0.4 is 9.21 Å². The molecule has 0 radical (unpaired) electrons. The summed E-state index contributed by atoms with van der Waals surface area (Å²) >= 11 is 3.39. The Labute approximate surface area is 229 Å². The maximum Gasteiger partial charge on any atom is 0.416 e. The summed E-state index contributed by atoms with van der Waals surface area (Å²) in [6.45, 7) is 3.28. The molecule has 0 N–H and O–H groups in total. The zero-order chi connectivity index (χ0) is 27.5. The first-order valence-corrected chi connectivity index (χ1v) is 14.8. The minimum absolute atomic E-state index is 0.0565. The van der Waals surface area contributed by atoms with Gasteiger partial charge in [-0.3, -0.25) is 9.10 Å². The molecule has 2 atom stereocenters. The summed E-state index contributed by atoms with van der Waals surface area (Å²) in [5.74, 6) is -0.314. The van der Waals surface area contributed by atoms with Gasteiger partial charge in [-0.2, -0.15) is 13.2 Å². The maximum atomic E-state index is 13.7. The van der Waals surface area contributed by atoms with Gasteiger partial charge in [0.15, 0.2) is 0 Å². The second-order valence-electron chi connectivity index (χ2n) is 9.38. The van der Waals surface area contributed by atoms with Crippen LogP contribution in [0.2, 0.25) is 0 Å². The third-order valence-corrected chi connectivity index (χ3v) is 9.00. The standard InChI is InChI=1S/C26H30BrF3N2O5S/c1-2-3-12-37-25(33)10-13-36-21-9-11-31-20(16-21)17-32(24-15-19(27)7-8-23(24)31)38(34,35)22-6-4-5-18(14-22)26(28,29)30/h4-8,14-15,20-21H,2-3,9-13,16-17H2,1H3/t20-,21?/m0/s1. The van der Waals surface area contributed by atoms with E-state index in [2.05, 4.69) is 20.8 Å². The SMILES string of the molecule is CCCCOC(=O)CCOC1CCN2c3ccc(Br)cc3N(S(=O)(=O)c3cccc(C(F)(F)F)c3)C[C@@H]2C1. The van der Waals surface area contributed by atoms with Crippen LogP contribution in [-0.4, -0.2) is 52.8 Å². The molecule has 0 aromatic heterocycles. The van der Waals surface area contributed by atoms with Crippen LogP contribution in [0.4, 0.5) is 24.5 Å². The Balaban J connectivity index is 1.53. The largest absolute Gasteiger partial charge is 0.466 e. The monoisotopic (exact) mass is 618 g/mol. The quantitative estimate of drug-likeness (QED) is 0.263. The molecule has 0 spiro atoms. The molecule has 2 aromatic rings. The molecule has 12 heteroatoms. The van der Waals surface area contributed by atoms with Gasteiger partial charge in [-0.05, 0) is 55.7 Å². The van der Waals surface area contributed by atoms with Gasteiger partial charge < -0.3 is 14.4 Å². The van der Waals surface area contributed by atoms with Gasteiger partial charge in [0, 0.05) is 11.0 Å². The van der Waals surface area contributed by atoms with Crippen LogP contribution in [0.1, 0.15) is 44.6 Å². The number of alkyl halides is 3. The Bertz CT molecular complexity index is 1260. The first kappa shape index (κ1) is 28.7. The Morgan fingerprint density at radius 3 is 2.66 bits per heavy atom. The van der Waals surface area contributed by atoms with Crippen molar-refractivity contribution in [3.05, 3.63) is 52.5 Å².